The Labute approximate surface area is 170 Å². The van der Waals surface area contributed by atoms with E-state index in [1.165, 1.54) is 0 Å². The van der Waals surface area contributed by atoms with Crippen molar-refractivity contribution in [1.29, 1.82) is 0 Å². The molecule has 0 spiro atoms. The lowest BCUT2D eigenvalue weighted by Gasteiger charge is -2.38. The summed E-state index contributed by atoms with van der Waals surface area (Å²) in [6.07, 6.45) is 1.37. The van der Waals surface area contributed by atoms with Gasteiger partial charge in [0.15, 0.2) is 11.6 Å². The fraction of sp³-hybridized carbons (Fsp3) is 0.292. The van der Waals surface area contributed by atoms with Crippen molar-refractivity contribution in [3.8, 4) is 11.4 Å². The van der Waals surface area contributed by atoms with E-state index in [-0.39, 0.29) is 17.2 Å². The van der Waals surface area contributed by atoms with Crippen molar-refractivity contribution in [2.45, 2.75) is 39.7 Å². The molecular weight excluding hydrogens is 360 g/mol. The Hall–Kier alpha value is -3.21. The number of rotatable bonds is 2. The van der Waals surface area contributed by atoms with E-state index in [0.29, 0.717) is 18.2 Å². The predicted octanol–water partition coefficient (Wildman–Crippen LogP) is 4.91. The van der Waals surface area contributed by atoms with Crippen molar-refractivity contribution in [3.05, 3.63) is 77.0 Å². The summed E-state index contributed by atoms with van der Waals surface area (Å²) in [6.45, 7) is 6.35. The molecule has 5 rings (SSSR count). The van der Waals surface area contributed by atoms with Gasteiger partial charge in [-0.3, -0.25) is 4.79 Å². The Kier molecular flexibility index (Phi) is 3.95. The largest absolute Gasteiger partial charge is 0.328 e. The van der Waals surface area contributed by atoms with E-state index in [9.17, 15) is 4.79 Å². The molecule has 29 heavy (non-hydrogen) atoms. The molecule has 0 amide bonds. The van der Waals surface area contributed by atoms with Crippen LogP contribution in [-0.2, 0) is 4.79 Å². The van der Waals surface area contributed by atoms with Crippen molar-refractivity contribution in [2.75, 3.05) is 5.32 Å². The molecule has 1 aromatic heterocycles. The SMILES string of the molecule is Cc1cccc(-c2nc3n(n2)[C@@H](c2ccccc2)C2=C(CC(C)(C)CC2=O)N3)c1. The van der Waals surface area contributed by atoms with E-state index in [0.717, 1.165) is 34.4 Å². The van der Waals surface area contributed by atoms with Crippen LogP contribution in [0, 0.1) is 12.3 Å². The zero-order valence-electron chi connectivity index (χ0n) is 16.9. The molecule has 146 valence electrons. The van der Waals surface area contributed by atoms with Gasteiger partial charge in [-0.05, 0) is 30.4 Å². The number of hydrogen-bond acceptors (Lipinski definition) is 4. The zero-order valence-corrected chi connectivity index (χ0v) is 16.9. The van der Waals surface area contributed by atoms with E-state index in [2.05, 4.69) is 50.4 Å². The third-order valence-corrected chi connectivity index (χ3v) is 5.72. The van der Waals surface area contributed by atoms with E-state index in [1.807, 2.05) is 35.0 Å². The highest BCUT2D eigenvalue weighted by Gasteiger charge is 2.41. The number of aromatic nitrogens is 3. The van der Waals surface area contributed by atoms with Gasteiger partial charge in [0.1, 0.15) is 6.04 Å². The average Bonchev–Trinajstić information content (AvgIpc) is 3.10. The van der Waals surface area contributed by atoms with E-state index < -0.39 is 0 Å². The summed E-state index contributed by atoms with van der Waals surface area (Å²) in [7, 11) is 0. The summed E-state index contributed by atoms with van der Waals surface area (Å²) in [5.74, 6) is 1.55. The van der Waals surface area contributed by atoms with Crippen LogP contribution >= 0.6 is 0 Å². The molecule has 1 N–H and O–H groups in total. The summed E-state index contributed by atoms with van der Waals surface area (Å²) < 4.78 is 1.88. The van der Waals surface area contributed by atoms with Gasteiger partial charge in [0.05, 0.1) is 0 Å². The van der Waals surface area contributed by atoms with Gasteiger partial charge in [-0.15, -0.1) is 5.10 Å². The number of carbonyl (C=O) groups is 1. The number of aryl methyl sites for hydroxylation is 1. The standard InChI is InChI=1S/C24H24N4O/c1-15-8-7-11-17(12-15)22-26-23-25-18-13-24(2,3)14-19(29)20(18)21(28(23)27-22)16-9-5-4-6-10-16/h4-12,21H,13-14H2,1-3H3,(H,25,26,27)/t21-/m0/s1. The monoisotopic (exact) mass is 384 g/mol. The fourth-order valence-corrected chi connectivity index (χ4v) is 4.46. The topological polar surface area (TPSA) is 59.8 Å². The van der Waals surface area contributed by atoms with Gasteiger partial charge in [-0.1, -0.05) is 67.9 Å². The molecule has 0 unspecified atom stereocenters. The Balaban J connectivity index is 1.68. The second-order valence-electron chi connectivity index (χ2n) is 8.84. The molecule has 5 heteroatoms. The summed E-state index contributed by atoms with van der Waals surface area (Å²) >= 11 is 0. The molecule has 2 heterocycles. The highest BCUT2D eigenvalue weighted by atomic mass is 16.1. The maximum atomic E-state index is 13.2. The van der Waals surface area contributed by atoms with Crippen molar-refractivity contribution in [3.63, 3.8) is 0 Å². The van der Waals surface area contributed by atoms with Crippen molar-refractivity contribution in [1.82, 2.24) is 14.8 Å². The minimum Gasteiger partial charge on any atom is -0.328 e. The number of nitrogens with zero attached hydrogens (tertiary/aromatic N) is 3. The molecule has 2 aliphatic rings. The highest BCUT2D eigenvalue weighted by molar-refractivity contribution is 6.00. The lowest BCUT2D eigenvalue weighted by Crippen LogP contribution is -2.36. The number of anilines is 1. The minimum absolute atomic E-state index is 0.0638. The van der Waals surface area contributed by atoms with Crippen LogP contribution in [0.15, 0.2) is 65.9 Å². The molecular formula is C24H24N4O. The van der Waals surface area contributed by atoms with Gasteiger partial charge in [0.25, 0.3) is 0 Å². The Morgan fingerprint density at radius 1 is 1.07 bits per heavy atom. The molecule has 1 aliphatic carbocycles. The molecule has 0 radical (unpaired) electrons. The second kappa shape index (κ2) is 6.41. The summed E-state index contributed by atoms with van der Waals surface area (Å²) in [5, 5.41) is 8.28. The van der Waals surface area contributed by atoms with Gasteiger partial charge in [-0.25, -0.2) is 4.68 Å². The fourth-order valence-electron chi connectivity index (χ4n) is 4.46. The molecule has 1 aliphatic heterocycles. The van der Waals surface area contributed by atoms with Crippen LogP contribution in [0.2, 0.25) is 0 Å². The zero-order chi connectivity index (χ0) is 20.2. The normalized spacial score (nSPS) is 20.1. The van der Waals surface area contributed by atoms with Crippen molar-refractivity contribution >= 4 is 11.7 Å². The number of ketones is 1. The van der Waals surface area contributed by atoms with Gasteiger partial charge in [-0.2, -0.15) is 4.98 Å². The van der Waals surface area contributed by atoms with E-state index in [4.69, 9.17) is 10.1 Å². The molecule has 0 saturated carbocycles. The third-order valence-electron chi connectivity index (χ3n) is 5.72. The minimum atomic E-state index is -0.253. The number of carbonyl (C=O) groups excluding carboxylic acids is 1. The predicted molar refractivity (Wildman–Crippen MR) is 113 cm³/mol. The summed E-state index contributed by atoms with van der Waals surface area (Å²) in [5.41, 5.74) is 4.93. The number of hydrogen-bond donors (Lipinski definition) is 1. The number of Topliss-reactive ketones (excluding diaryl/α,β-unsaturated/α-hetero) is 1. The molecule has 3 aromatic rings. The van der Waals surface area contributed by atoms with Crippen molar-refractivity contribution in [2.24, 2.45) is 5.41 Å². The smallest absolute Gasteiger partial charge is 0.226 e. The van der Waals surface area contributed by atoms with Gasteiger partial charge < -0.3 is 5.32 Å². The van der Waals surface area contributed by atoms with Crippen LogP contribution in [0.5, 0.6) is 0 Å². The Morgan fingerprint density at radius 3 is 2.62 bits per heavy atom. The molecule has 0 fully saturated rings. The summed E-state index contributed by atoms with van der Waals surface area (Å²) in [6, 6.07) is 18.1. The quantitative estimate of drug-likeness (QED) is 0.682. The first kappa shape index (κ1) is 17.9. The number of benzene rings is 2. The average molecular weight is 384 g/mol. The number of nitrogens with one attached hydrogen (secondary N) is 1. The Morgan fingerprint density at radius 2 is 1.86 bits per heavy atom. The first-order valence-electron chi connectivity index (χ1n) is 10.0. The molecule has 1 atom stereocenters. The molecule has 2 aromatic carbocycles. The van der Waals surface area contributed by atoms with Crippen LogP contribution in [0.4, 0.5) is 5.95 Å². The summed E-state index contributed by atoms with van der Waals surface area (Å²) in [4.78, 5) is 18.0. The van der Waals surface area contributed by atoms with Crippen LogP contribution in [0.3, 0.4) is 0 Å². The first-order chi connectivity index (χ1) is 13.9. The van der Waals surface area contributed by atoms with Crippen LogP contribution in [-0.4, -0.2) is 20.5 Å². The molecule has 0 bridgehead atoms. The van der Waals surface area contributed by atoms with Crippen molar-refractivity contribution < 1.29 is 4.79 Å². The second-order valence-corrected chi connectivity index (χ2v) is 8.84. The highest BCUT2D eigenvalue weighted by Crippen LogP contribution is 2.45. The van der Waals surface area contributed by atoms with Gasteiger partial charge in [0.2, 0.25) is 5.95 Å². The lowest BCUT2D eigenvalue weighted by molar-refractivity contribution is -0.118. The number of allylic oxidation sites excluding steroid dienone is 2. The van der Waals surface area contributed by atoms with E-state index >= 15 is 0 Å². The lowest BCUT2D eigenvalue weighted by atomic mass is 9.73. The first-order valence-corrected chi connectivity index (χ1v) is 10.0. The molecule has 0 saturated heterocycles. The number of fused-ring (bicyclic) bond motifs is 1. The van der Waals surface area contributed by atoms with E-state index in [1.54, 1.807) is 0 Å². The maximum absolute atomic E-state index is 13.2. The molecule has 5 nitrogen and oxygen atoms in total. The van der Waals surface area contributed by atoms with Crippen LogP contribution < -0.4 is 5.32 Å². The third kappa shape index (κ3) is 3.07. The maximum Gasteiger partial charge on any atom is 0.226 e. The Bertz CT molecular complexity index is 1140. The van der Waals surface area contributed by atoms with Crippen LogP contribution in [0.25, 0.3) is 11.4 Å². The van der Waals surface area contributed by atoms with Crippen LogP contribution in [0.1, 0.15) is 43.9 Å². The van der Waals surface area contributed by atoms with Gasteiger partial charge in [0, 0.05) is 23.3 Å². The van der Waals surface area contributed by atoms with Gasteiger partial charge >= 0.3 is 0 Å².